The van der Waals surface area contributed by atoms with Gasteiger partial charge in [0.1, 0.15) is 0 Å². The predicted octanol–water partition coefficient (Wildman–Crippen LogP) is 3.79. The van der Waals surface area contributed by atoms with E-state index in [0.717, 1.165) is 10.4 Å². The van der Waals surface area contributed by atoms with Crippen molar-refractivity contribution in [2.75, 3.05) is 0 Å². The van der Waals surface area contributed by atoms with Crippen LogP contribution in [-0.2, 0) is 6.42 Å². The Morgan fingerprint density at radius 3 is 2.31 bits per heavy atom. The Bertz CT molecular complexity index is 494. The molecule has 0 fully saturated rings. The summed E-state index contributed by atoms with van der Waals surface area (Å²) in [6.45, 7) is 4.07. The first-order chi connectivity index (χ1) is 7.65. The van der Waals surface area contributed by atoms with Crippen LogP contribution >= 0.6 is 11.3 Å². The Balaban J connectivity index is 2.10. The van der Waals surface area contributed by atoms with Gasteiger partial charge in [-0.2, -0.15) is 0 Å². The predicted molar refractivity (Wildman–Crippen MR) is 68.3 cm³/mol. The van der Waals surface area contributed by atoms with E-state index in [0.29, 0.717) is 6.42 Å². The highest BCUT2D eigenvalue weighted by molar-refractivity contribution is 7.14. The first kappa shape index (κ1) is 11.1. The smallest absolute Gasteiger partial charge is 0.177 e. The van der Waals surface area contributed by atoms with E-state index < -0.39 is 0 Å². The molecule has 0 atom stereocenters. The number of hydrogen-bond acceptors (Lipinski definition) is 2. The molecule has 0 saturated heterocycles. The monoisotopic (exact) mass is 230 g/mol. The molecule has 0 aliphatic carbocycles. The maximum atomic E-state index is 11.9. The van der Waals surface area contributed by atoms with Gasteiger partial charge in [-0.1, -0.05) is 29.8 Å². The Kier molecular flexibility index (Phi) is 3.20. The van der Waals surface area contributed by atoms with E-state index in [2.05, 4.69) is 0 Å². The molecule has 2 heteroatoms. The van der Waals surface area contributed by atoms with Crippen LogP contribution in [0, 0.1) is 13.8 Å². The number of hydrogen-bond donors (Lipinski definition) is 0. The van der Waals surface area contributed by atoms with Crippen LogP contribution in [-0.4, -0.2) is 5.78 Å². The topological polar surface area (TPSA) is 17.1 Å². The molecule has 1 aromatic heterocycles. The third-order valence-corrected chi connectivity index (χ3v) is 3.54. The van der Waals surface area contributed by atoms with Gasteiger partial charge < -0.3 is 0 Å². The van der Waals surface area contributed by atoms with Gasteiger partial charge in [-0.3, -0.25) is 4.79 Å². The Hall–Kier alpha value is -1.41. The number of rotatable bonds is 3. The van der Waals surface area contributed by atoms with Crippen molar-refractivity contribution in [3.8, 4) is 0 Å². The average Bonchev–Trinajstić information content (AvgIpc) is 2.68. The highest BCUT2D eigenvalue weighted by atomic mass is 32.1. The normalized spacial score (nSPS) is 10.4. The molecule has 0 aliphatic heterocycles. The Morgan fingerprint density at radius 2 is 1.75 bits per heavy atom. The second kappa shape index (κ2) is 4.62. The van der Waals surface area contributed by atoms with E-state index in [1.54, 1.807) is 11.3 Å². The van der Waals surface area contributed by atoms with Gasteiger partial charge in [0, 0.05) is 11.3 Å². The molecule has 16 heavy (non-hydrogen) atoms. The third kappa shape index (κ3) is 2.58. The molecular weight excluding hydrogens is 216 g/mol. The van der Waals surface area contributed by atoms with Gasteiger partial charge in [-0.05, 0) is 31.5 Å². The molecular formula is C14H14OS. The number of ketones is 1. The van der Waals surface area contributed by atoms with Gasteiger partial charge in [0.25, 0.3) is 0 Å². The zero-order valence-corrected chi connectivity index (χ0v) is 10.3. The number of carbonyl (C=O) groups excluding carboxylic acids is 1. The molecule has 0 unspecified atom stereocenters. The molecule has 0 N–H and O–H groups in total. The fourth-order valence-corrected chi connectivity index (χ4v) is 2.37. The summed E-state index contributed by atoms with van der Waals surface area (Å²) in [5.41, 5.74) is 2.31. The van der Waals surface area contributed by atoms with Crippen molar-refractivity contribution in [1.82, 2.24) is 0 Å². The molecule has 0 aliphatic rings. The molecule has 0 spiro atoms. The van der Waals surface area contributed by atoms with Crippen LogP contribution in [0.4, 0.5) is 0 Å². The summed E-state index contributed by atoms with van der Waals surface area (Å²) in [5.74, 6) is 0.210. The van der Waals surface area contributed by atoms with E-state index in [1.165, 1.54) is 10.4 Å². The molecule has 0 radical (unpaired) electrons. The van der Waals surface area contributed by atoms with Crippen LogP contribution in [0.25, 0.3) is 0 Å². The lowest BCUT2D eigenvalue weighted by Crippen LogP contribution is -2.00. The van der Waals surface area contributed by atoms with Gasteiger partial charge in [0.15, 0.2) is 5.78 Å². The maximum absolute atomic E-state index is 11.9. The molecule has 1 heterocycles. The van der Waals surface area contributed by atoms with E-state index in [9.17, 15) is 4.79 Å². The third-order valence-electron chi connectivity index (χ3n) is 2.50. The lowest BCUT2D eigenvalue weighted by atomic mass is 10.1. The minimum absolute atomic E-state index is 0.210. The largest absolute Gasteiger partial charge is 0.293 e. The van der Waals surface area contributed by atoms with Crippen LogP contribution in [0.2, 0.25) is 0 Å². The van der Waals surface area contributed by atoms with Crippen molar-refractivity contribution < 1.29 is 4.79 Å². The standard InChI is InChI=1S/C14H14OS/c1-10-3-6-12(7-4-10)9-13(15)14-8-5-11(2)16-14/h3-8H,9H2,1-2H3. The molecule has 0 amide bonds. The molecule has 1 nitrogen and oxygen atoms in total. The van der Waals surface area contributed by atoms with E-state index in [4.69, 9.17) is 0 Å². The first-order valence-corrected chi connectivity index (χ1v) is 6.12. The summed E-state index contributed by atoms with van der Waals surface area (Å²) in [6, 6.07) is 12.0. The van der Waals surface area contributed by atoms with Gasteiger partial charge in [0.05, 0.1) is 4.88 Å². The SMILES string of the molecule is Cc1ccc(CC(=O)c2ccc(C)s2)cc1. The summed E-state index contributed by atoms with van der Waals surface area (Å²) in [4.78, 5) is 14.0. The number of thiophene rings is 1. The lowest BCUT2D eigenvalue weighted by molar-refractivity contribution is 0.0997. The molecule has 82 valence electrons. The maximum Gasteiger partial charge on any atom is 0.177 e. The number of aryl methyl sites for hydroxylation is 2. The lowest BCUT2D eigenvalue weighted by Gasteiger charge is -1.99. The fraction of sp³-hybridized carbons (Fsp3) is 0.214. The summed E-state index contributed by atoms with van der Waals surface area (Å²) >= 11 is 1.57. The van der Waals surface area contributed by atoms with Crippen LogP contribution in [0.1, 0.15) is 25.7 Å². The number of benzene rings is 1. The zero-order chi connectivity index (χ0) is 11.5. The Morgan fingerprint density at radius 1 is 1.06 bits per heavy atom. The zero-order valence-electron chi connectivity index (χ0n) is 9.49. The molecule has 2 rings (SSSR count). The number of carbonyl (C=O) groups is 1. The fourth-order valence-electron chi connectivity index (χ4n) is 1.56. The van der Waals surface area contributed by atoms with Crippen molar-refractivity contribution in [1.29, 1.82) is 0 Å². The Labute approximate surface area is 99.8 Å². The van der Waals surface area contributed by atoms with Gasteiger partial charge in [-0.25, -0.2) is 0 Å². The van der Waals surface area contributed by atoms with Crippen LogP contribution in [0.5, 0.6) is 0 Å². The molecule has 0 saturated carbocycles. The first-order valence-electron chi connectivity index (χ1n) is 5.30. The summed E-state index contributed by atoms with van der Waals surface area (Å²) < 4.78 is 0. The van der Waals surface area contributed by atoms with Crippen LogP contribution in [0.3, 0.4) is 0 Å². The van der Waals surface area contributed by atoms with E-state index in [-0.39, 0.29) is 5.78 Å². The van der Waals surface area contributed by atoms with E-state index >= 15 is 0 Å². The second-order valence-corrected chi connectivity index (χ2v) is 5.28. The molecule has 2 aromatic rings. The minimum atomic E-state index is 0.210. The van der Waals surface area contributed by atoms with Crippen molar-refractivity contribution in [2.45, 2.75) is 20.3 Å². The van der Waals surface area contributed by atoms with Crippen molar-refractivity contribution in [3.63, 3.8) is 0 Å². The summed E-state index contributed by atoms with van der Waals surface area (Å²) in [5, 5.41) is 0. The van der Waals surface area contributed by atoms with Crippen molar-refractivity contribution in [3.05, 3.63) is 57.3 Å². The van der Waals surface area contributed by atoms with E-state index in [1.807, 2.05) is 50.2 Å². The van der Waals surface area contributed by atoms with Crippen molar-refractivity contribution >= 4 is 17.1 Å². The van der Waals surface area contributed by atoms with Crippen LogP contribution < -0.4 is 0 Å². The highest BCUT2D eigenvalue weighted by Gasteiger charge is 2.08. The summed E-state index contributed by atoms with van der Waals surface area (Å²) in [7, 11) is 0. The van der Waals surface area contributed by atoms with Crippen molar-refractivity contribution in [2.24, 2.45) is 0 Å². The minimum Gasteiger partial charge on any atom is -0.293 e. The molecule has 1 aromatic carbocycles. The highest BCUT2D eigenvalue weighted by Crippen LogP contribution is 2.17. The second-order valence-electron chi connectivity index (χ2n) is 4.00. The quantitative estimate of drug-likeness (QED) is 0.733. The van der Waals surface area contributed by atoms with Gasteiger partial charge in [0.2, 0.25) is 0 Å². The van der Waals surface area contributed by atoms with Gasteiger partial charge >= 0.3 is 0 Å². The average molecular weight is 230 g/mol. The molecule has 0 bridgehead atoms. The number of Topliss-reactive ketones (excluding diaryl/α,β-unsaturated/α-hetero) is 1. The summed E-state index contributed by atoms with van der Waals surface area (Å²) in [6.07, 6.45) is 0.500. The van der Waals surface area contributed by atoms with Crippen LogP contribution in [0.15, 0.2) is 36.4 Å². The van der Waals surface area contributed by atoms with Gasteiger partial charge in [-0.15, -0.1) is 11.3 Å².